The van der Waals surface area contributed by atoms with Gasteiger partial charge in [0, 0.05) is 42.5 Å². The van der Waals surface area contributed by atoms with Crippen LogP contribution in [0.4, 0.5) is 0 Å². The van der Waals surface area contributed by atoms with Gasteiger partial charge in [-0.3, -0.25) is 19.2 Å². The molecule has 0 radical (unpaired) electrons. The first-order valence-corrected chi connectivity index (χ1v) is 10.5. The van der Waals surface area contributed by atoms with E-state index in [0.717, 1.165) is 0 Å². The molecule has 0 atom stereocenters. The summed E-state index contributed by atoms with van der Waals surface area (Å²) in [4.78, 5) is 64.0. The summed E-state index contributed by atoms with van der Waals surface area (Å²) < 4.78 is 0. The first kappa shape index (κ1) is 22.9. The van der Waals surface area contributed by atoms with Crippen LogP contribution in [0, 0.1) is 0 Å². The predicted molar refractivity (Wildman–Crippen MR) is 114 cm³/mol. The molecular weight excluding hydrogens is 412 g/mol. The van der Waals surface area contributed by atoms with Gasteiger partial charge in [-0.2, -0.15) is 0 Å². The molecular formula is C24H24N2O6. The van der Waals surface area contributed by atoms with Gasteiger partial charge in [-0.05, 0) is 25.0 Å². The maximum Gasteiger partial charge on any atom is 0.333 e. The first-order chi connectivity index (χ1) is 15.5. The lowest BCUT2D eigenvalue weighted by atomic mass is 10.0. The Morgan fingerprint density at radius 1 is 0.781 bits per heavy atom. The summed E-state index contributed by atoms with van der Waals surface area (Å²) in [5.74, 6) is -1.96. The average Bonchev–Trinajstić information content (AvgIpc) is 3.13. The molecule has 1 heterocycles. The van der Waals surface area contributed by atoms with Crippen LogP contribution in [-0.4, -0.2) is 41.1 Å². The number of unbranched alkanes of at least 4 members (excludes halogenated alkanes) is 2. The lowest BCUT2D eigenvalue weighted by Crippen LogP contribution is -2.31. The molecule has 1 aliphatic heterocycles. The molecule has 0 unspecified atom stereocenters. The van der Waals surface area contributed by atoms with Gasteiger partial charge in [0.2, 0.25) is 0 Å². The maximum absolute atomic E-state index is 12.4. The highest BCUT2D eigenvalue weighted by Gasteiger charge is 2.32. The number of ketones is 1. The standard InChI is InChI=1S/C24H24N2O6/c27-20-14-15-21(28)26(20)32-22(29)9-5-2-6-16-25-24(31)19-12-10-18(11-13-19)23(30)17-7-3-1-4-8-17/h1,3-4,7-8,10-13H,2,5-6,9,14-16H2,(H,25,31). The number of imide groups is 1. The van der Waals surface area contributed by atoms with Gasteiger partial charge in [-0.15, -0.1) is 5.06 Å². The highest BCUT2D eigenvalue weighted by atomic mass is 16.7. The fourth-order valence-corrected chi connectivity index (χ4v) is 3.21. The summed E-state index contributed by atoms with van der Waals surface area (Å²) in [6.45, 7) is 0.432. The van der Waals surface area contributed by atoms with E-state index in [-0.39, 0.29) is 31.0 Å². The summed E-state index contributed by atoms with van der Waals surface area (Å²) in [6, 6.07) is 15.4. The van der Waals surface area contributed by atoms with Crippen LogP contribution < -0.4 is 5.32 Å². The van der Waals surface area contributed by atoms with E-state index in [1.165, 1.54) is 0 Å². The second kappa shape index (κ2) is 11.0. The summed E-state index contributed by atoms with van der Waals surface area (Å²) in [5, 5.41) is 3.34. The molecule has 2 aromatic carbocycles. The quantitative estimate of drug-likeness (QED) is 0.348. The number of benzene rings is 2. The van der Waals surface area contributed by atoms with Gasteiger partial charge in [0.1, 0.15) is 0 Å². The van der Waals surface area contributed by atoms with Crippen LogP contribution in [0.1, 0.15) is 64.8 Å². The number of amides is 3. The second-order valence-corrected chi connectivity index (χ2v) is 7.38. The van der Waals surface area contributed by atoms with Crippen molar-refractivity contribution in [2.24, 2.45) is 0 Å². The van der Waals surface area contributed by atoms with Gasteiger partial charge in [0.25, 0.3) is 17.7 Å². The van der Waals surface area contributed by atoms with E-state index in [0.29, 0.717) is 47.6 Å². The fourth-order valence-electron chi connectivity index (χ4n) is 3.21. The predicted octanol–water partition coefficient (Wildman–Crippen LogP) is 2.82. The lowest BCUT2D eigenvalue weighted by molar-refractivity contribution is -0.197. The number of nitrogens with zero attached hydrogens (tertiary/aromatic N) is 1. The number of hydrogen-bond acceptors (Lipinski definition) is 6. The van der Waals surface area contributed by atoms with Crippen LogP contribution in [0.2, 0.25) is 0 Å². The Labute approximate surface area is 185 Å². The number of nitrogens with one attached hydrogen (secondary N) is 1. The topological polar surface area (TPSA) is 110 Å². The van der Waals surface area contributed by atoms with E-state index in [4.69, 9.17) is 4.84 Å². The highest BCUT2D eigenvalue weighted by molar-refractivity contribution is 6.09. The minimum atomic E-state index is -0.622. The van der Waals surface area contributed by atoms with Crippen molar-refractivity contribution >= 4 is 29.5 Å². The van der Waals surface area contributed by atoms with Crippen LogP contribution in [-0.2, 0) is 19.2 Å². The third kappa shape index (κ3) is 6.10. The molecule has 8 nitrogen and oxygen atoms in total. The highest BCUT2D eigenvalue weighted by Crippen LogP contribution is 2.14. The Hall–Kier alpha value is -3.81. The zero-order chi connectivity index (χ0) is 22.9. The molecule has 0 aromatic heterocycles. The van der Waals surface area contributed by atoms with Gasteiger partial charge < -0.3 is 10.2 Å². The second-order valence-electron chi connectivity index (χ2n) is 7.38. The summed E-state index contributed by atoms with van der Waals surface area (Å²) in [5.41, 5.74) is 1.56. The minimum Gasteiger partial charge on any atom is -0.352 e. The van der Waals surface area contributed by atoms with E-state index in [1.807, 2.05) is 6.07 Å². The van der Waals surface area contributed by atoms with E-state index in [9.17, 15) is 24.0 Å². The van der Waals surface area contributed by atoms with Crippen LogP contribution in [0.25, 0.3) is 0 Å². The maximum atomic E-state index is 12.4. The van der Waals surface area contributed by atoms with Gasteiger partial charge in [-0.1, -0.05) is 48.9 Å². The molecule has 0 spiro atoms. The van der Waals surface area contributed by atoms with Crippen LogP contribution in [0.15, 0.2) is 54.6 Å². The fraction of sp³-hybridized carbons (Fsp3) is 0.292. The molecule has 1 aliphatic rings. The Balaban J connectivity index is 1.33. The van der Waals surface area contributed by atoms with Crippen molar-refractivity contribution in [3.05, 3.63) is 71.3 Å². The molecule has 8 heteroatoms. The Morgan fingerprint density at radius 3 is 2.03 bits per heavy atom. The van der Waals surface area contributed by atoms with Crippen LogP contribution >= 0.6 is 0 Å². The summed E-state index contributed by atoms with van der Waals surface area (Å²) in [7, 11) is 0. The van der Waals surface area contributed by atoms with Crippen molar-refractivity contribution in [1.82, 2.24) is 10.4 Å². The molecule has 0 saturated carbocycles. The van der Waals surface area contributed by atoms with Crippen molar-refractivity contribution < 1.29 is 28.8 Å². The zero-order valence-electron chi connectivity index (χ0n) is 17.5. The van der Waals surface area contributed by atoms with Gasteiger partial charge in [-0.25, -0.2) is 4.79 Å². The first-order valence-electron chi connectivity index (χ1n) is 10.5. The number of carbonyl (C=O) groups excluding carboxylic acids is 5. The monoisotopic (exact) mass is 436 g/mol. The molecule has 166 valence electrons. The number of hydroxylamine groups is 2. The average molecular weight is 436 g/mol. The van der Waals surface area contributed by atoms with Crippen molar-refractivity contribution in [2.75, 3.05) is 6.54 Å². The van der Waals surface area contributed by atoms with Crippen molar-refractivity contribution in [2.45, 2.75) is 38.5 Å². The molecule has 0 bridgehead atoms. The third-order valence-electron chi connectivity index (χ3n) is 4.99. The van der Waals surface area contributed by atoms with E-state index >= 15 is 0 Å². The minimum absolute atomic E-state index is 0.0673. The van der Waals surface area contributed by atoms with Crippen molar-refractivity contribution in [3.8, 4) is 0 Å². The van der Waals surface area contributed by atoms with Gasteiger partial charge >= 0.3 is 5.97 Å². The zero-order valence-corrected chi connectivity index (χ0v) is 17.5. The molecule has 1 fully saturated rings. The summed E-state index contributed by atoms with van der Waals surface area (Å²) in [6.07, 6.45) is 2.06. The van der Waals surface area contributed by atoms with E-state index in [1.54, 1.807) is 48.5 Å². The van der Waals surface area contributed by atoms with Gasteiger partial charge in [0.15, 0.2) is 5.78 Å². The molecule has 2 aromatic rings. The molecule has 1 saturated heterocycles. The van der Waals surface area contributed by atoms with Gasteiger partial charge in [0.05, 0.1) is 0 Å². The van der Waals surface area contributed by atoms with E-state index in [2.05, 4.69) is 5.32 Å². The normalized spacial score (nSPS) is 13.2. The number of rotatable bonds is 10. The van der Waals surface area contributed by atoms with Crippen LogP contribution in [0.5, 0.6) is 0 Å². The summed E-state index contributed by atoms with van der Waals surface area (Å²) >= 11 is 0. The largest absolute Gasteiger partial charge is 0.352 e. The molecule has 0 aliphatic carbocycles. The SMILES string of the molecule is O=C(CCCCCNC(=O)c1ccc(C(=O)c2ccccc2)cc1)ON1C(=O)CCC1=O. The molecule has 1 N–H and O–H groups in total. The lowest BCUT2D eigenvalue weighted by Gasteiger charge is -2.12. The Bertz CT molecular complexity index is 985. The smallest absolute Gasteiger partial charge is 0.333 e. The number of hydrogen-bond donors (Lipinski definition) is 1. The van der Waals surface area contributed by atoms with Crippen LogP contribution in [0.3, 0.4) is 0 Å². The number of carbonyl (C=O) groups is 5. The molecule has 3 rings (SSSR count). The Kier molecular flexibility index (Phi) is 7.85. The molecule has 3 amide bonds. The third-order valence-corrected chi connectivity index (χ3v) is 4.99. The Morgan fingerprint density at radius 2 is 1.38 bits per heavy atom. The van der Waals surface area contributed by atoms with Crippen molar-refractivity contribution in [1.29, 1.82) is 0 Å². The van der Waals surface area contributed by atoms with E-state index < -0.39 is 17.8 Å². The molecule has 32 heavy (non-hydrogen) atoms. The van der Waals surface area contributed by atoms with Crippen molar-refractivity contribution in [3.63, 3.8) is 0 Å².